The van der Waals surface area contributed by atoms with Crippen LogP contribution in [-0.4, -0.2) is 56.2 Å². The number of aliphatic hydroxyl groups excluding tert-OH is 2. The summed E-state index contributed by atoms with van der Waals surface area (Å²) in [4.78, 5) is 27.6. The molecule has 1 aromatic heterocycles. The van der Waals surface area contributed by atoms with Gasteiger partial charge in [-0.3, -0.25) is 14.3 Å². The Kier molecular flexibility index (Phi) is 8.11. The molecule has 152 valence electrons. The summed E-state index contributed by atoms with van der Waals surface area (Å²) in [5.41, 5.74) is 0.821. The third-order valence-corrected chi connectivity index (χ3v) is 4.07. The Morgan fingerprint density at radius 3 is 2.57 bits per heavy atom. The van der Waals surface area contributed by atoms with Crippen LogP contribution >= 0.6 is 0 Å². The lowest BCUT2D eigenvalue weighted by Crippen LogP contribution is -2.41. The molecular formula is C17H22N4O6S. The van der Waals surface area contributed by atoms with Gasteiger partial charge in [-0.2, -0.15) is 4.98 Å². The number of aliphatic hydroxyl groups is 2. The third kappa shape index (κ3) is 7.10. The summed E-state index contributed by atoms with van der Waals surface area (Å²) in [7, 11) is -1.40. The number of oxazole rings is 1. The van der Waals surface area contributed by atoms with Gasteiger partial charge in [-0.05, 0) is 5.56 Å². The quantitative estimate of drug-likeness (QED) is 0.355. The monoisotopic (exact) mass is 410 g/mol. The molecule has 0 aliphatic carbocycles. The van der Waals surface area contributed by atoms with Crippen molar-refractivity contribution in [1.29, 1.82) is 0 Å². The molecule has 3 atom stereocenters. The van der Waals surface area contributed by atoms with Gasteiger partial charge in [0, 0.05) is 19.3 Å². The Hall–Kier alpha value is -2.76. The van der Waals surface area contributed by atoms with Crippen LogP contribution in [0.2, 0.25) is 0 Å². The minimum atomic E-state index is -1.40. The lowest BCUT2D eigenvalue weighted by Gasteiger charge is -2.17. The van der Waals surface area contributed by atoms with Crippen LogP contribution in [0.5, 0.6) is 0 Å². The van der Waals surface area contributed by atoms with Crippen molar-refractivity contribution in [3.63, 3.8) is 0 Å². The summed E-state index contributed by atoms with van der Waals surface area (Å²) in [6.45, 7) is 0.0194. The Labute approximate surface area is 163 Å². The Morgan fingerprint density at radius 1 is 1.18 bits per heavy atom. The Morgan fingerprint density at radius 2 is 1.89 bits per heavy atom. The maximum Gasteiger partial charge on any atom is 0.307 e. The first-order valence-corrected chi connectivity index (χ1v) is 9.91. The summed E-state index contributed by atoms with van der Waals surface area (Å²) >= 11 is 0. The van der Waals surface area contributed by atoms with Gasteiger partial charge in [0.2, 0.25) is 5.91 Å². The number of amides is 2. The number of hydrogen-bond acceptors (Lipinski definition) is 7. The molecule has 1 heterocycles. The first kappa shape index (κ1) is 21.5. The molecule has 0 aliphatic heterocycles. The number of aromatic nitrogens is 1. The standard InChI is InChI=1S/C17H22N4O6S/c1-28(26)21-17-20-12(10-27-17)16(25)19-9-14(23)13(22)7-15(24)18-8-11-5-3-2-4-6-11/h2-6,10,13-14,22-23H,7-9H2,1H3,(H,18,24)(H,19,25)(H,20,21). The lowest BCUT2D eigenvalue weighted by atomic mass is 10.1. The van der Waals surface area contributed by atoms with E-state index >= 15 is 0 Å². The largest absolute Gasteiger partial charge is 0.431 e. The van der Waals surface area contributed by atoms with Crippen molar-refractivity contribution < 1.29 is 28.4 Å². The van der Waals surface area contributed by atoms with Crippen LogP contribution < -0.4 is 15.4 Å². The highest BCUT2D eigenvalue weighted by molar-refractivity contribution is 7.85. The summed E-state index contributed by atoms with van der Waals surface area (Å²) in [5.74, 6) is -1.08. The lowest BCUT2D eigenvalue weighted by molar-refractivity contribution is -0.124. The molecule has 5 N–H and O–H groups in total. The molecule has 28 heavy (non-hydrogen) atoms. The molecule has 10 nitrogen and oxygen atoms in total. The van der Waals surface area contributed by atoms with Crippen LogP contribution in [0.1, 0.15) is 22.5 Å². The molecule has 0 saturated carbocycles. The van der Waals surface area contributed by atoms with Gasteiger partial charge in [0.1, 0.15) is 17.2 Å². The predicted molar refractivity (Wildman–Crippen MR) is 101 cm³/mol. The highest BCUT2D eigenvalue weighted by atomic mass is 32.2. The van der Waals surface area contributed by atoms with E-state index in [-0.39, 0.29) is 24.7 Å². The van der Waals surface area contributed by atoms with E-state index in [9.17, 15) is 24.0 Å². The van der Waals surface area contributed by atoms with Gasteiger partial charge >= 0.3 is 6.01 Å². The summed E-state index contributed by atoms with van der Waals surface area (Å²) in [6.07, 6.45) is -0.584. The molecular weight excluding hydrogens is 388 g/mol. The van der Waals surface area contributed by atoms with Crippen LogP contribution in [-0.2, 0) is 22.3 Å². The van der Waals surface area contributed by atoms with Gasteiger partial charge in [0.25, 0.3) is 5.91 Å². The zero-order chi connectivity index (χ0) is 20.5. The van der Waals surface area contributed by atoms with Gasteiger partial charge in [-0.1, -0.05) is 30.3 Å². The average molecular weight is 410 g/mol. The molecule has 0 spiro atoms. The predicted octanol–water partition coefficient (Wildman–Crippen LogP) is -0.462. The van der Waals surface area contributed by atoms with E-state index in [2.05, 4.69) is 20.3 Å². The van der Waals surface area contributed by atoms with Crippen LogP contribution in [0.25, 0.3) is 0 Å². The molecule has 2 aromatic rings. The molecule has 0 bridgehead atoms. The maximum atomic E-state index is 11.9. The van der Waals surface area contributed by atoms with Crippen molar-refractivity contribution in [1.82, 2.24) is 15.6 Å². The third-order valence-electron chi connectivity index (χ3n) is 3.61. The minimum Gasteiger partial charge on any atom is -0.431 e. The molecule has 3 unspecified atom stereocenters. The summed E-state index contributed by atoms with van der Waals surface area (Å²) < 4.78 is 18.3. The zero-order valence-electron chi connectivity index (χ0n) is 15.1. The summed E-state index contributed by atoms with van der Waals surface area (Å²) in [6, 6.07) is 9.17. The molecule has 0 radical (unpaired) electrons. The van der Waals surface area contributed by atoms with E-state index in [0.29, 0.717) is 6.54 Å². The molecule has 2 rings (SSSR count). The summed E-state index contributed by atoms with van der Waals surface area (Å²) in [5, 5.41) is 24.9. The topological polar surface area (TPSA) is 154 Å². The van der Waals surface area contributed by atoms with E-state index in [1.165, 1.54) is 6.26 Å². The smallest absolute Gasteiger partial charge is 0.307 e. The normalized spacial score (nSPS) is 14.0. The van der Waals surface area contributed by atoms with Crippen LogP contribution in [0, 0.1) is 0 Å². The molecule has 11 heteroatoms. The van der Waals surface area contributed by atoms with Gasteiger partial charge in [0.15, 0.2) is 5.69 Å². The highest BCUT2D eigenvalue weighted by Gasteiger charge is 2.21. The number of benzene rings is 1. The zero-order valence-corrected chi connectivity index (χ0v) is 15.9. The average Bonchev–Trinajstić information content (AvgIpc) is 3.12. The van der Waals surface area contributed by atoms with E-state index < -0.39 is 35.0 Å². The number of rotatable bonds is 10. The van der Waals surface area contributed by atoms with Gasteiger partial charge in [-0.25, -0.2) is 4.21 Å². The fraction of sp³-hybridized carbons (Fsp3) is 0.353. The molecule has 0 saturated heterocycles. The second-order valence-electron chi connectivity index (χ2n) is 5.91. The Bertz CT molecular complexity index is 813. The second kappa shape index (κ2) is 10.5. The number of nitrogens with one attached hydrogen (secondary N) is 3. The molecule has 0 fully saturated rings. The van der Waals surface area contributed by atoms with E-state index in [0.717, 1.165) is 11.8 Å². The number of hydrogen-bond donors (Lipinski definition) is 5. The van der Waals surface area contributed by atoms with Crippen molar-refractivity contribution in [3.8, 4) is 0 Å². The van der Waals surface area contributed by atoms with E-state index in [1.54, 1.807) is 0 Å². The van der Waals surface area contributed by atoms with Crippen LogP contribution in [0.15, 0.2) is 41.0 Å². The first-order chi connectivity index (χ1) is 13.3. The highest BCUT2D eigenvalue weighted by Crippen LogP contribution is 2.08. The number of anilines is 1. The van der Waals surface area contributed by atoms with Crippen molar-refractivity contribution in [3.05, 3.63) is 47.9 Å². The maximum absolute atomic E-state index is 11.9. The first-order valence-electron chi connectivity index (χ1n) is 8.35. The number of carbonyl (C=O) groups excluding carboxylic acids is 2. The van der Waals surface area contributed by atoms with E-state index in [1.807, 2.05) is 30.3 Å². The molecule has 0 aliphatic rings. The number of carbonyl (C=O) groups is 2. The van der Waals surface area contributed by atoms with Crippen molar-refractivity contribution in [2.45, 2.75) is 25.2 Å². The van der Waals surface area contributed by atoms with Gasteiger partial charge < -0.3 is 25.3 Å². The fourth-order valence-corrected chi connectivity index (χ4v) is 2.51. The van der Waals surface area contributed by atoms with Gasteiger partial charge in [0.05, 0.1) is 18.6 Å². The van der Waals surface area contributed by atoms with Crippen LogP contribution in [0.3, 0.4) is 0 Å². The van der Waals surface area contributed by atoms with Gasteiger partial charge in [-0.15, -0.1) is 0 Å². The van der Waals surface area contributed by atoms with Crippen molar-refractivity contribution in [2.24, 2.45) is 0 Å². The molecule has 1 aromatic carbocycles. The van der Waals surface area contributed by atoms with E-state index in [4.69, 9.17) is 4.42 Å². The Balaban J connectivity index is 1.73. The SMILES string of the molecule is CS(=O)Nc1nc(C(=O)NCC(O)C(O)CC(=O)NCc2ccccc2)co1. The molecule has 2 amide bonds. The number of nitrogens with zero attached hydrogens (tertiary/aromatic N) is 1. The fourth-order valence-electron chi connectivity index (χ4n) is 2.17. The van der Waals surface area contributed by atoms with Crippen molar-refractivity contribution >= 4 is 28.8 Å². The van der Waals surface area contributed by atoms with Crippen molar-refractivity contribution in [2.75, 3.05) is 17.5 Å². The second-order valence-corrected chi connectivity index (χ2v) is 7.02. The van der Waals surface area contributed by atoms with Crippen LogP contribution in [0.4, 0.5) is 6.01 Å². The minimum absolute atomic E-state index is 0.0818.